The Labute approximate surface area is 67.5 Å². The Balaban J connectivity index is 1.98. The van der Waals surface area contributed by atoms with E-state index in [1.165, 1.54) is 0 Å². The molecule has 0 aromatic heterocycles. The van der Waals surface area contributed by atoms with Gasteiger partial charge in [0.15, 0.2) is 0 Å². The summed E-state index contributed by atoms with van der Waals surface area (Å²) >= 11 is 0. The third kappa shape index (κ3) is 1.08. The second-order valence-electron chi connectivity index (χ2n) is 4.04. The van der Waals surface area contributed by atoms with E-state index in [4.69, 9.17) is 4.78 Å². The fourth-order valence-electron chi connectivity index (χ4n) is 1.99. The van der Waals surface area contributed by atoms with E-state index in [0.29, 0.717) is 5.41 Å². The van der Waals surface area contributed by atoms with Crippen molar-refractivity contribution in [3.8, 4) is 0 Å². The van der Waals surface area contributed by atoms with Crippen LogP contribution in [0.4, 0.5) is 0 Å². The Morgan fingerprint density at radius 1 is 1.55 bits per heavy atom. The average Bonchev–Trinajstić information content (AvgIpc) is 1.49. The van der Waals surface area contributed by atoms with Gasteiger partial charge in [-0.1, -0.05) is 0 Å². The molecule has 2 fully saturated rings. The van der Waals surface area contributed by atoms with E-state index in [9.17, 15) is 4.21 Å². The Morgan fingerprint density at radius 3 is 2.36 bits per heavy atom. The minimum absolute atomic E-state index is 0.185. The number of hydrogen-bond acceptors (Lipinski definition) is 3. The highest BCUT2D eigenvalue weighted by molar-refractivity contribution is 7.92. The summed E-state index contributed by atoms with van der Waals surface area (Å²) in [4.78, 5) is 0. The van der Waals surface area contributed by atoms with Crippen molar-refractivity contribution < 1.29 is 4.21 Å². The first-order chi connectivity index (χ1) is 5.02. The zero-order valence-electron chi connectivity index (χ0n) is 6.72. The Morgan fingerprint density at radius 2 is 2.09 bits per heavy atom. The monoisotopic (exact) mass is 174 g/mol. The lowest BCUT2D eigenvalue weighted by molar-refractivity contribution is 0.0653. The quantitative estimate of drug-likeness (QED) is 0.605. The van der Waals surface area contributed by atoms with Gasteiger partial charge in [-0.2, -0.15) is 0 Å². The van der Waals surface area contributed by atoms with Crippen LogP contribution >= 0.6 is 0 Å². The summed E-state index contributed by atoms with van der Waals surface area (Å²) < 4.78 is 18.6. The standard InChI is InChI=1S/C7H14N2OS/c1-11(8,10)6-2-7(3-6)4-9-5-7/h6,8-9H,2-5H2,1H3. The van der Waals surface area contributed by atoms with Crippen LogP contribution in [-0.4, -0.2) is 28.8 Å². The molecule has 0 aromatic rings. The first-order valence-electron chi connectivity index (χ1n) is 3.95. The summed E-state index contributed by atoms with van der Waals surface area (Å²) in [6.45, 7) is 2.16. The smallest absolute Gasteiger partial charge is 0.0441 e. The van der Waals surface area contributed by atoms with Crippen molar-refractivity contribution in [3.05, 3.63) is 0 Å². The van der Waals surface area contributed by atoms with Gasteiger partial charge in [-0.05, 0) is 18.3 Å². The summed E-state index contributed by atoms with van der Waals surface area (Å²) in [7, 11) is -2.24. The van der Waals surface area contributed by atoms with E-state index in [1.54, 1.807) is 6.26 Å². The van der Waals surface area contributed by atoms with E-state index in [2.05, 4.69) is 5.32 Å². The van der Waals surface area contributed by atoms with Gasteiger partial charge in [-0.15, -0.1) is 0 Å². The van der Waals surface area contributed by atoms with Crippen LogP contribution in [0.5, 0.6) is 0 Å². The first-order valence-corrected chi connectivity index (χ1v) is 5.98. The minimum atomic E-state index is -2.24. The molecule has 4 heteroatoms. The van der Waals surface area contributed by atoms with Crippen molar-refractivity contribution in [2.45, 2.75) is 18.1 Å². The Hall–Kier alpha value is -0.0900. The average molecular weight is 174 g/mol. The van der Waals surface area contributed by atoms with Gasteiger partial charge in [0.2, 0.25) is 0 Å². The molecule has 1 atom stereocenters. The van der Waals surface area contributed by atoms with Crippen LogP contribution in [0, 0.1) is 10.2 Å². The molecular formula is C7H14N2OS. The van der Waals surface area contributed by atoms with Crippen LogP contribution in [-0.2, 0) is 9.73 Å². The van der Waals surface area contributed by atoms with Gasteiger partial charge in [0.25, 0.3) is 0 Å². The topological polar surface area (TPSA) is 53.0 Å². The van der Waals surface area contributed by atoms with Crippen molar-refractivity contribution in [2.75, 3.05) is 19.3 Å². The summed E-state index contributed by atoms with van der Waals surface area (Å²) in [5.41, 5.74) is 0.463. The van der Waals surface area contributed by atoms with Crippen LogP contribution in [0.15, 0.2) is 0 Å². The highest BCUT2D eigenvalue weighted by Gasteiger charge is 2.50. The normalized spacial score (nSPS) is 33.9. The third-order valence-electron chi connectivity index (χ3n) is 2.96. The summed E-state index contributed by atoms with van der Waals surface area (Å²) in [5, 5.41) is 3.41. The second kappa shape index (κ2) is 1.98. The lowest BCUT2D eigenvalue weighted by atomic mass is 9.64. The van der Waals surface area contributed by atoms with Gasteiger partial charge in [0, 0.05) is 34.3 Å². The van der Waals surface area contributed by atoms with Crippen molar-refractivity contribution in [3.63, 3.8) is 0 Å². The molecule has 1 saturated heterocycles. The van der Waals surface area contributed by atoms with E-state index >= 15 is 0 Å². The summed E-state index contributed by atoms with van der Waals surface area (Å²) in [6, 6.07) is 0. The van der Waals surface area contributed by atoms with Gasteiger partial charge < -0.3 is 5.32 Å². The summed E-state index contributed by atoms with van der Waals surface area (Å²) in [6.07, 6.45) is 3.59. The van der Waals surface area contributed by atoms with E-state index in [-0.39, 0.29) is 5.25 Å². The van der Waals surface area contributed by atoms with Gasteiger partial charge in [0.05, 0.1) is 0 Å². The molecule has 0 bridgehead atoms. The number of rotatable bonds is 1. The largest absolute Gasteiger partial charge is 0.316 e. The highest BCUT2D eigenvalue weighted by Crippen LogP contribution is 2.47. The molecule has 1 aliphatic carbocycles. The van der Waals surface area contributed by atoms with Gasteiger partial charge in [-0.25, -0.2) is 4.21 Å². The molecule has 1 aliphatic heterocycles. The maximum Gasteiger partial charge on any atom is 0.0441 e. The van der Waals surface area contributed by atoms with Crippen LogP contribution in [0.3, 0.4) is 0 Å². The van der Waals surface area contributed by atoms with Gasteiger partial charge in [0.1, 0.15) is 0 Å². The molecule has 3 nitrogen and oxygen atoms in total. The third-order valence-corrected chi connectivity index (χ3v) is 4.56. The molecular weight excluding hydrogens is 160 g/mol. The molecule has 11 heavy (non-hydrogen) atoms. The van der Waals surface area contributed by atoms with Crippen LogP contribution in [0.1, 0.15) is 12.8 Å². The predicted molar refractivity (Wildman–Crippen MR) is 45.1 cm³/mol. The van der Waals surface area contributed by atoms with E-state index in [1.807, 2.05) is 0 Å². The van der Waals surface area contributed by atoms with E-state index in [0.717, 1.165) is 25.9 Å². The maximum absolute atomic E-state index is 11.2. The molecule has 1 saturated carbocycles. The molecule has 64 valence electrons. The molecule has 0 aromatic carbocycles. The molecule has 2 rings (SSSR count). The summed E-state index contributed by atoms with van der Waals surface area (Å²) in [5.74, 6) is 0. The second-order valence-corrected chi connectivity index (χ2v) is 6.51. The van der Waals surface area contributed by atoms with Crippen molar-refractivity contribution in [1.29, 1.82) is 4.78 Å². The molecule has 2 aliphatic rings. The van der Waals surface area contributed by atoms with Crippen LogP contribution < -0.4 is 5.32 Å². The molecule has 1 heterocycles. The fourth-order valence-corrected chi connectivity index (χ4v) is 3.33. The van der Waals surface area contributed by atoms with Gasteiger partial charge >= 0.3 is 0 Å². The lowest BCUT2D eigenvalue weighted by Crippen LogP contribution is -2.62. The fraction of sp³-hybridized carbons (Fsp3) is 1.00. The van der Waals surface area contributed by atoms with Crippen LogP contribution in [0.25, 0.3) is 0 Å². The first kappa shape index (κ1) is 7.55. The SMILES string of the molecule is CS(=N)(=O)C1CC2(CNC2)C1. The minimum Gasteiger partial charge on any atom is -0.316 e. The molecule has 0 amide bonds. The zero-order chi connectivity index (χ0) is 8.11. The molecule has 1 spiro atoms. The van der Waals surface area contributed by atoms with E-state index < -0.39 is 9.73 Å². The van der Waals surface area contributed by atoms with Crippen LogP contribution in [0.2, 0.25) is 0 Å². The number of hydrogen-bond donors (Lipinski definition) is 2. The molecule has 0 radical (unpaired) electrons. The Bertz CT molecular complexity index is 258. The zero-order valence-corrected chi connectivity index (χ0v) is 7.54. The Kier molecular flexibility index (Phi) is 1.36. The molecule has 2 N–H and O–H groups in total. The van der Waals surface area contributed by atoms with Crippen molar-refractivity contribution >= 4 is 9.73 Å². The lowest BCUT2D eigenvalue weighted by Gasteiger charge is -2.54. The van der Waals surface area contributed by atoms with Crippen molar-refractivity contribution in [2.24, 2.45) is 5.41 Å². The predicted octanol–water partition coefficient (Wildman–Crippen LogP) is 0.415. The van der Waals surface area contributed by atoms with Gasteiger partial charge in [-0.3, -0.25) is 4.78 Å². The van der Waals surface area contributed by atoms with Crippen molar-refractivity contribution in [1.82, 2.24) is 5.32 Å². The molecule has 1 unspecified atom stereocenters. The maximum atomic E-state index is 11.2. The highest BCUT2D eigenvalue weighted by atomic mass is 32.2. The number of nitrogens with one attached hydrogen (secondary N) is 2.